The molecule has 0 unspecified atom stereocenters. The first kappa shape index (κ1) is 14.2. The summed E-state index contributed by atoms with van der Waals surface area (Å²) in [6.07, 6.45) is 0. The van der Waals surface area contributed by atoms with E-state index in [9.17, 15) is 9.90 Å². The molecule has 2 aromatic rings. The maximum Gasteiger partial charge on any atom is 0.258 e. The zero-order chi connectivity index (χ0) is 14.4. The number of carbonyl (C=O) groups is 1. The third-order valence-electron chi connectivity index (χ3n) is 2.65. The number of amides is 1. The molecule has 0 bridgehead atoms. The van der Waals surface area contributed by atoms with Crippen molar-refractivity contribution in [2.24, 2.45) is 0 Å². The first-order chi connectivity index (χ1) is 9.65. The van der Waals surface area contributed by atoms with Gasteiger partial charge in [-0.25, -0.2) is 0 Å². The summed E-state index contributed by atoms with van der Waals surface area (Å²) in [4.78, 5) is 11.6. The Morgan fingerprint density at radius 2 is 1.85 bits per heavy atom. The van der Waals surface area contributed by atoms with Gasteiger partial charge in [0.2, 0.25) is 0 Å². The van der Waals surface area contributed by atoms with E-state index >= 15 is 0 Å². The van der Waals surface area contributed by atoms with Crippen LogP contribution in [-0.2, 0) is 11.3 Å². The molecule has 0 heterocycles. The molecule has 0 aliphatic carbocycles. The van der Waals surface area contributed by atoms with Crippen molar-refractivity contribution in [3.8, 4) is 11.5 Å². The number of carbonyl (C=O) groups excluding carboxylic acids is 1. The quantitative estimate of drug-likeness (QED) is 0.890. The van der Waals surface area contributed by atoms with Crippen LogP contribution in [0.2, 0.25) is 5.02 Å². The van der Waals surface area contributed by atoms with Crippen molar-refractivity contribution in [2.45, 2.75) is 6.54 Å². The Kier molecular flexibility index (Phi) is 4.85. The van der Waals surface area contributed by atoms with Crippen LogP contribution in [0.1, 0.15) is 5.56 Å². The molecule has 0 aliphatic heterocycles. The Labute approximate surface area is 122 Å². The number of nitrogens with one attached hydrogen (secondary N) is 1. The molecular weight excluding hydrogens is 278 g/mol. The number of phenols is 1. The van der Waals surface area contributed by atoms with Gasteiger partial charge in [-0.3, -0.25) is 4.79 Å². The molecule has 4 nitrogen and oxygen atoms in total. The molecule has 20 heavy (non-hydrogen) atoms. The van der Waals surface area contributed by atoms with E-state index in [4.69, 9.17) is 16.3 Å². The maximum absolute atomic E-state index is 11.6. The highest BCUT2D eigenvalue weighted by Gasteiger charge is 2.05. The molecule has 0 aliphatic rings. The van der Waals surface area contributed by atoms with Crippen LogP contribution in [-0.4, -0.2) is 17.6 Å². The van der Waals surface area contributed by atoms with Crippen LogP contribution in [0, 0.1) is 0 Å². The van der Waals surface area contributed by atoms with Gasteiger partial charge >= 0.3 is 0 Å². The second-order valence-corrected chi connectivity index (χ2v) is 4.58. The van der Waals surface area contributed by atoms with Crippen LogP contribution in [0.15, 0.2) is 48.5 Å². The second-order valence-electron chi connectivity index (χ2n) is 4.15. The van der Waals surface area contributed by atoms with E-state index in [1.54, 1.807) is 48.5 Å². The average molecular weight is 292 g/mol. The number of phenolic OH excluding ortho intramolecular Hbond substituents is 1. The molecule has 2 N–H and O–H groups in total. The largest absolute Gasteiger partial charge is 0.508 e. The van der Waals surface area contributed by atoms with E-state index in [0.717, 1.165) is 0 Å². The van der Waals surface area contributed by atoms with Crippen molar-refractivity contribution in [1.82, 2.24) is 5.32 Å². The van der Waals surface area contributed by atoms with Crippen LogP contribution in [0.3, 0.4) is 0 Å². The smallest absolute Gasteiger partial charge is 0.258 e. The highest BCUT2D eigenvalue weighted by Crippen LogP contribution is 2.16. The Morgan fingerprint density at radius 3 is 2.55 bits per heavy atom. The summed E-state index contributed by atoms with van der Waals surface area (Å²) >= 11 is 5.75. The Bertz CT molecular complexity index is 584. The molecule has 0 saturated carbocycles. The van der Waals surface area contributed by atoms with Crippen molar-refractivity contribution in [2.75, 3.05) is 6.61 Å². The number of rotatable bonds is 5. The van der Waals surface area contributed by atoms with E-state index < -0.39 is 0 Å². The number of ether oxygens (including phenoxy) is 1. The molecule has 0 spiro atoms. The van der Waals surface area contributed by atoms with E-state index in [1.165, 1.54) is 0 Å². The minimum Gasteiger partial charge on any atom is -0.508 e. The van der Waals surface area contributed by atoms with Crippen LogP contribution < -0.4 is 10.1 Å². The van der Waals surface area contributed by atoms with Gasteiger partial charge in [-0.2, -0.15) is 0 Å². The summed E-state index contributed by atoms with van der Waals surface area (Å²) < 4.78 is 5.31. The standard InChI is InChI=1S/C15H14ClNO3/c16-12-5-7-13(8-6-12)20-10-15(19)17-9-11-3-1-2-4-14(11)18/h1-8,18H,9-10H2,(H,17,19). The van der Waals surface area contributed by atoms with Crippen LogP contribution >= 0.6 is 11.6 Å². The monoisotopic (exact) mass is 291 g/mol. The fourth-order valence-electron chi connectivity index (χ4n) is 1.58. The first-order valence-electron chi connectivity index (χ1n) is 6.07. The van der Waals surface area contributed by atoms with Crippen LogP contribution in [0.4, 0.5) is 0 Å². The topological polar surface area (TPSA) is 58.6 Å². The molecule has 0 fully saturated rings. The highest BCUT2D eigenvalue weighted by atomic mass is 35.5. The maximum atomic E-state index is 11.6. The summed E-state index contributed by atoms with van der Waals surface area (Å²) in [6.45, 7) is 0.171. The van der Waals surface area contributed by atoms with E-state index in [-0.39, 0.29) is 24.8 Å². The second kappa shape index (κ2) is 6.82. The van der Waals surface area contributed by atoms with Gasteiger partial charge in [0, 0.05) is 17.1 Å². The molecule has 0 radical (unpaired) electrons. The SMILES string of the molecule is O=C(COc1ccc(Cl)cc1)NCc1ccccc1O. The normalized spacial score (nSPS) is 10.1. The van der Waals surface area contributed by atoms with Crippen LogP contribution in [0.5, 0.6) is 11.5 Å². The van der Waals surface area contributed by atoms with Crippen LogP contribution in [0.25, 0.3) is 0 Å². The fourth-order valence-corrected chi connectivity index (χ4v) is 1.71. The zero-order valence-electron chi connectivity index (χ0n) is 10.7. The van der Waals surface area contributed by atoms with Crippen molar-refractivity contribution in [1.29, 1.82) is 0 Å². The summed E-state index contributed by atoms with van der Waals surface area (Å²) in [7, 11) is 0. The molecule has 0 saturated heterocycles. The lowest BCUT2D eigenvalue weighted by Crippen LogP contribution is -2.28. The summed E-state index contributed by atoms with van der Waals surface area (Å²) in [6, 6.07) is 13.6. The molecule has 0 atom stereocenters. The van der Waals surface area contributed by atoms with Gasteiger partial charge in [-0.1, -0.05) is 29.8 Å². The van der Waals surface area contributed by atoms with Gasteiger partial charge in [0.1, 0.15) is 11.5 Å². The first-order valence-corrected chi connectivity index (χ1v) is 6.45. The number of para-hydroxylation sites is 1. The number of benzene rings is 2. The summed E-state index contributed by atoms with van der Waals surface area (Å²) in [5.41, 5.74) is 0.660. The van der Waals surface area contributed by atoms with Crippen molar-refractivity contribution >= 4 is 17.5 Å². The van der Waals surface area contributed by atoms with Gasteiger partial charge in [0.15, 0.2) is 6.61 Å². The minimum absolute atomic E-state index is 0.0881. The average Bonchev–Trinajstić information content (AvgIpc) is 2.46. The number of aromatic hydroxyl groups is 1. The Hall–Kier alpha value is -2.20. The van der Waals surface area contributed by atoms with Gasteiger partial charge in [0.05, 0.1) is 0 Å². The molecule has 104 valence electrons. The zero-order valence-corrected chi connectivity index (χ0v) is 11.4. The summed E-state index contributed by atoms with van der Waals surface area (Å²) in [5, 5.41) is 12.8. The number of hydrogen-bond donors (Lipinski definition) is 2. The predicted octanol–water partition coefficient (Wildman–Crippen LogP) is 2.74. The van der Waals surface area contributed by atoms with Crippen molar-refractivity contribution in [3.05, 3.63) is 59.1 Å². The van der Waals surface area contributed by atoms with Gasteiger partial charge in [0.25, 0.3) is 5.91 Å². The lowest BCUT2D eigenvalue weighted by atomic mass is 10.2. The molecule has 2 aromatic carbocycles. The van der Waals surface area contributed by atoms with Gasteiger partial charge < -0.3 is 15.2 Å². The third kappa shape index (κ3) is 4.17. The van der Waals surface area contributed by atoms with E-state index in [1.807, 2.05) is 0 Å². The van der Waals surface area contributed by atoms with E-state index in [0.29, 0.717) is 16.3 Å². The molecular formula is C15H14ClNO3. The highest BCUT2D eigenvalue weighted by molar-refractivity contribution is 6.30. The fraction of sp³-hybridized carbons (Fsp3) is 0.133. The van der Waals surface area contributed by atoms with Gasteiger partial charge in [-0.05, 0) is 30.3 Å². The third-order valence-corrected chi connectivity index (χ3v) is 2.90. The lowest BCUT2D eigenvalue weighted by molar-refractivity contribution is -0.123. The van der Waals surface area contributed by atoms with Crippen molar-refractivity contribution < 1.29 is 14.6 Å². The number of hydrogen-bond acceptors (Lipinski definition) is 3. The lowest BCUT2D eigenvalue weighted by Gasteiger charge is -2.08. The van der Waals surface area contributed by atoms with Gasteiger partial charge in [-0.15, -0.1) is 0 Å². The minimum atomic E-state index is -0.261. The van der Waals surface area contributed by atoms with E-state index in [2.05, 4.69) is 5.32 Å². The predicted molar refractivity (Wildman–Crippen MR) is 76.9 cm³/mol. The molecule has 1 amide bonds. The molecule has 0 aromatic heterocycles. The molecule has 5 heteroatoms. The Balaban J connectivity index is 1.78. The summed E-state index contributed by atoms with van der Waals surface area (Å²) in [5.74, 6) is 0.474. The molecule has 2 rings (SSSR count). The Morgan fingerprint density at radius 1 is 1.15 bits per heavy atom. The number of halogens is 1. The van der Waals surface area contributed by atoms with Crippen molar-refractivity contribution in [3.63, 3.8) is 0 Å².